The van der Waals surface area contributed by atoms with Crippen molar-refractivity contribution in [2.45, 2.75) is 58.0 Å². The van der Waals surface area contributed by atoms with Gasteiger partial charge in [-0.05, 0) is 32.1 Å². The zero-order valence-electron chi connectivity index (χ0n) is 16.8. The molecule has 0 aromatic heterocycles. The predicted octanol–water partition coefficient (Wildman–Crippen LogP) is 4.11. The highest BCUT2D eigenvalue weighted by atomic mass is 16.5. The second-order valence-electron chi connectivity index (χ2n) is 7.37. The fourth-order valence-electron chi connectivity index (χ4n) is 2.38. The molecular weight excluding hydrogens is 330 g/mol. The monoisotopic (exact) mass is 366 g/mol. The van der Waals surface area contributed by atoms with Crippen LogP contribution in [0.2, 0.25) is 0 Å². The third-order valence-electron chi connectivity index (χ3n) is 3.48. The molecule has 0 radical (unpaired) electrons. The van der Waals surface area contributed by atoms with E-state index in [0.717, 1.165) is 25.7 Å². The topological polar surface area (TPSA) is 63.6 Å². The van der Waals surface area contributed by atoms with Crippen molar-refractivity contribution in [3.8, 4) is 0 Å². The molecule has 0 aromatic rings. The normalized spacial score (nSPS) is 13.7. The summed E-state index contributed by atoms with van der Waals surface area (Å²) in [5.41, 5.74) is 0. The first-order valence-electron chi connectivity index (χ1n) is 9.41. The van der Waals surface area contributed by atoms with Crippen molar-refractivity contribution in [1.29, 1.82) is 0 Å². The summed E-state index contributed by atoms with van der Waals surface area (Å²) < 4.78 is 5.90. The number of hydrogen-bond donors (Lipinski definition) is 1. The van der Waals surface area contributed by atoms with Gasteiger partial charge in [0, 0.05) is 6.42 Å². The smallest absolute Gasteiger partial charge is 0.307 e. The van der Waals surface area contributed by atoms with Crippen LogP contribution in [-0.2, 0) is 14.3 Å². The quantitative estimate of drug-likeness (QED) is 0.217. The molecule has 0 saturated carbocycles. The summed E-state index contributed by atoms with van der Waals surface area (Å²) in [5.74, 6) is -1.27. The van der Waals surface area contributed by atoms with Gasteiger partial charge >= 0.3 is 11.9 Å². The van der Waals surface area contributed by atoms with Crippen LogP contribution in [0.5, 0.6) is 0 Å². The molecule has 26 heavy (non-hydrogen) atoms. The number of rotatable bonds is 14. The van der Waals surface area contributed by atoms with Crippen LogP contribution in [0.15, 0.2) is 36.5 Å². The van der Waals surface area contributed by atoms with E-state index in [2.05, 4.69) is 43.4 Å². The second kappa shape index (κ2) is 14.3. The number of carbonyl (C=O) groups excluding carboxylic acids is 1. The number of carbonyl (C=O) groups is 2. The lowest BCUT2D eigenvalue weighted by atomic mass is 10.2. The summed E-state index contributed by atoms with van der Waals surface area (Å²) in [6.45, 7) is 2.60. The average molecular weight is 367 g/mol. The Morgan fingerprint density at radius 3 is 2.12 bits per heavy atom. The molecule has 1 unspecified atom stereocenters. The maximum Gasteiger partial charge on any atom is 0.307 e. The molecule has 0 rings (SSSR count). The summed E-state index contributed by atoms with van der Waals surface area (Å²) in [4.78, 5) is 22.8. The van der Waals surface area contributed by atoms with Gasteiger partial charge in [-0.25, -0.2) is 0 Å². The van der Waals surface area contributed by atoms with Crippen molar-refractivity contribution in [3.63, 3.8) is 0 Å². The molecule has 0 aromatic carbocycles. The van der Waals surface area contributed by atoms with Gasteiger partial charge in [-0.1, -0.05) is 43.4 Å². The van der Waals surface area contributed by atoms with Crippen molar-refractivity contribution in [2.75, 3.05) is 27.7 Å². The van der Waals surface area contributed by atoms with E-state index in [1.807, 2.05) is 21.1 Å². The van der Waals surface area contributed by atoms with E-state index < -0.39 is 12.1 Å². The van der Waals surface area contributed by atoms with Crippen molar-refractivity contribution < 1.29 is 23.9 Å². The van der Waals surface area contributed by atoms with Gasteiger partial charge in [0.1, 0.15) is 6.54 Å². The number of unbranched alkanes of at least 4 members (excludes halogenated alkanes) is 1. The van der Waals surface area contributed by atoms with Crippen LogP contribution in [0, 0.1) is 0 Å². The van der Waals surface area contributed by atoms with E-state index in [-0.39, 0.29) is 12.4 Å². The molecule has 0 bridgehead atoms. The van der Waals surface area contributed by atoms with Crippen molar-refractivity contribution >= 4 is 11.9 Å². The van der Waals surface area contributed by atoms with Crippen LogP contribution in [0.4, 0.5) is 0 Å². The molecule has 0 aliphatic carbocycles. The molecule has 0 spiro atoms. The van der Waals surface area contributed by atoms with E-state index >= 15 is 0 Å². The van der Waals surface area contributed by atoms with Gasteiger partial charge in [0.15, 0.2) is 6.10 Å². The molecule has 1 atom stereocenters. The molecule has 148 valence electrons. The Bertz CT molecular complexity index is 487. The number of likely N-dealkylation sites (N-methyl/N-ethyl adjacent to an activating group) is 1. The number of aliphatic carboxylic acids is 1. The largest absolute Gasteiger partial charge is 0.481 e. The Morgan fingerprint density at radius 2 is 1.58 bits per heavy atom. The molecule has 0 aliphatic rings. The first-order chi connectivity index (χ1) is 12.2. The van der Waals surface area contributed by atoms with Crippen molar-refractivity contribution in [3.05, 3.63) is 36.5 Å². The number of allylic oxidation sites excluding steroid dienone is 6. The Morgan fingerprint density at radius 1 is 1.00 bits per heavy atom. The minimum atomic E-state index is -0.947. The fraction of sp³-hybridized carbons (Fsp3) is 0.619. The second-order valence-corrected chi connectivity index (χ2v) is 7.37. The Labute approximate surface area is 158 Å². The van der Waals surface area contributed by atoms with Gasteiger partial charge < -0.3 is 14.3 Å². The molecule has 0 aliphatic heterocycles. The standard InChI is InChI=1S/C21H35NO4/c1-5-6-7-8-9-10-11-12-13-14-15-16-21(25)26-19(17-20(23)24)18-22(2,3)4/h6-7,9-10,12-13,19H,5,8,11,14-18H2,1-4H3/p+1/b7-6+,10-9+,13-12+. The zero-order chi connectivity index (χ0) is 19.8. The van der Waals surface area contributed by atoms with Gasteiger partial charge in [0.2, 0.25) is 0 Å². The molecule has 0 amide bonds. The lowest BCUT2D eigenvalue weighted by Crippen LogP contribution is -2.43. The highest BCUT2D eigenvalue weighted by Gasteiger charge is 2.24. The van der Waals surface area contributed by atoms with Gasteiger partial charge in [0.25, 0.3) is 0 Å². The number of hydrogen-bond acceptors (Lipinski definition) is 3. The predicted molar refractivity (Wildman–Crippen MR) is 106 cm³/mol. The SMILES string of the molecule is CC/C=C/C/C=C/C/C=C/CCCC(=O)OC(CC(=O)O)C[N+](C)(C)C. The molecule has 1 N–H and O–H groups in total. The van der Waals surface area contributed by atoms with E-state index in [4.69, 9.17) is 9.84 Å². The van der Waals surface area contributed by atoms with E-state index in [0.29, 0.717) is 23.9 Å². The molecule has 0 heterocycles. The highest BCUT2D eigenvalue weighted by Crippen LogP contribution is 2.08. The average Bonchev–Trinajstić information content (AvgIpc) is 2.50. The minimum absolute atomic E-state index is 0.152. The van der Waals surface area contributed by atoms with Gasteiger partial charge in [-0.3, -0.25) is 9.59 Å². The lowest BCUT2D eigenvalue weighted by molar-refractivity contribution is -0.873. The zero-order valence-corrected chi connectivity index (χ0v) is 16.8. The summed E-state index contributed by atoms with van der Waals surface area (Å²) >= 11 is 0. The molecule has 0 saturated heterocycles. The van der Waals surface area contributed by atoms with Crippen LogP contribution >= 0.6 is 0 Å². The molecular formula is C21H36NO4+. The van der Waals surface area contributed by atoms with Gasteiger partial charge in [0.05, 0.1) is 27.6 Å². The minimum Gasteiger partial charge on any atom is -0.481 e. The van der Waals surface area contributed by atoms with Crippen LogP contribution in [-0.4, -0.2) is 55.3 Å². The number of carboxylic acids is 1. The fourth-order valence-corrected chi connectivity index (χ4v) is 2.38. The van der Waals surface area contributed by atoms with Crippen LogP contribution in [0.1, 0.15) is 51.9 Å². The first-order valence-corrected chi connectivity index (χ1v) is 9.41. The maximum absolute atomic E-state index is 11.9. The third-order valence-corrected chi connectivity index (χ3v) is 3.48. The first kappa shape index (κ1) is 24.1. The number of quaternary nitrogens is 1. The Kier molecular flexibility index (Phi) is 13.3. The van der Waals surface area contributed by atoms with Crippen molar-refractivity contribution in [1.82, 2.24) is 0 Å². The summed E-state index contributed by atoms with van der Waals surface area (Å²) in [5, 5.41) is 8.95. The molecule has 5 nitrogen and oxygen atoms in total. The summed E-state index contributed by atoms with van der Waals surface area (Å²) in [7, 11) is 5.84. The maximum atomic E-state index is 11.9. The van der Waals surface area contributed by atoms with Crippen LogP contribution < -0.4 is 0 Å². The molecule has 5 heteroatoms. The Balaban J connectivity index is 3.99. The number of esters is 1. The van der Waals surface area contributed by atoms with Gasteiger partial charge in [-0.15, -0.1) is 0 Å². The number of ether oxygens (including phenoxy) is 1. The number of nitrogens with zero attached hydrogens (tertiary/aromatic N) is 1. The Hall–Kier alpha value is -1.88. The summed E-state index contributed by atoms with van der Waals surface area (Å²) in [6.07, 6.45) is 16.8. The van der Waals surface area contributed by atoms with E-state index in [1.54, 1.807) is 0 Å². The van der Waals surface area contributed by atoms with Gasteiger partial charge in [-0.2, -0.15) is 0 Å². The highest BCUT2D eigenvalue weighted by molar-refractivity contribution is 5.71. The number of carboxylic acid groups (broad SMARTS) is 1. The van der Waals surface area contributed by atoms with Crippen molar-refractivity contribution in [2.24, 2.45) is 0 Å². The van der Waals surface area contributed by atoms with Crippen LogP contribution in [0.25, 0.3) is 0 Å². The van der Waals surface area contributed by atoms with Crippen LogP contribution in [0.3, 0.4) is 0 Å². The third kappa shape index (κ3) is 17.0. The lowest BCUT2D eigenvalue weighted by Gasteiger charge is -2.28. The molecule has 0 fully saturated rings. The summed E-state index contributed by atoms with van der Waals surface area (Å²) in [6, 6.07) is 0. The van der Waals surface area contributed by atoms with E-state index in [1.165, 1.54) is 0 Å². The van der Waals surface area contributed by atoms with E-state index in [9.17, 15) is 9.59 Å².